The molecule has 0 bridgehead atoms. The number of benzene rings is 1. The van der Waals surface area contributed by atoms with Crippen LogP contribution in [0.3, 0.4) is 0 Å². The van der Waals surface area contributed by atoms with E-state index < -0.39 is 0 Å². The van der Waals surface area contributed by atoms with Crippen LogP contribution in [0.2, 0.25) is 0 Å². The van der Waals surface area contributed by atoms with Crippen molar-refractivity contribution in [3.05, 3.63) is 42.0 Å². The molecule has 0 atom stereocenters. The van der Waals surface area contributed by atoms with Gasteiger partial charge in [0.05, 0.1) is 0 Å². The molecule has 0 saturated carbocycles. The molecule has 0 amide bonds. The van der Waals surface area contributed by atoms with Gasteiger partial charge in [-0.05, 0) is 23.6 Å². The molecule has 0 radical (unpaired) electrons. The summed E-state index contributed by atoms with van der Waals surface area (Å²) < 4.78 is 0. The summed E-state index contributed by atoms with van der Waals surface area (Å²) in [6.45, 7) is 3.91. The molecule has 0 fully saturated rings. The Balaban J connectivity index is 2.70. The number of hydrogen-bond acceptors (Lipinski definition) is 1. The third-order valence-electron chi connectivity index (χ3n) is 2.09. The van der Waals surface area contributed by atoms with Crippen molar-refractivity contribution in [2.24, 2.45) is 0 Å². The van der Waals surface area contributed by atoms with E-state index in [4.69, 9.17) is 0 Å². The molecule has 1 aliphatic rings. The van der Waals surface area contributed by atoms with Gasteiger partial charge in [-0.1, -0.05) is 30.9 Å². The summed E-state index contributed by atoms with van der Waals surface area (Å²) in [7, 11) is 0. The van der Waals surface area contributed by atoms with Gasteiger partial charge in [-0.25, -0.2) is 0 Å². The van der Waals surface area contributed by atoms with Crippen LogP contribution in [0.1, 0.15) is 17.5 Å². The molecule has 1 aromatic carbocycles. The molecule has 1 heteroatoms. The van der Waals surface area contributed by atoms with Gasteiger partial charge in [-0.3, -0.25) is 0 Å². The van der Waals surface area contributed by atoms with Crippen LogP contribution in [0.5, 0.6) is 5.75 Å². The Labute approximate surface area is 71.7 Å². The third-order valence-corrected chi connectivity index (χ3v) is 2.09. The minimum absolute atomic E-state index is 0.335. The predicted octanol–water partition coefficient (Wildman–Crippen LogP) is 2.82. The van der Waals surface area contributed by atoms with Gasteiger partial charge in [0.15, 0.2) is 0 Å². The Bertz CT molecular complexity index is 361. The van der Waals surface area contributed by atoms with Crippen molar-refractivity contribution in [2.45, 2.75) is 6.42 Å². The number of hydrogen-bond donors (Lipinski definition) is 1. The first-order valence-electron chi connectivity index (χ1n) is 3.95. The van der Waals surface area contributed by atoms with Crippen molar-refractivity contribution < 1.29 is 5.11 Å². The lowest BCUT2D eigenvalue weighted by molar-refractivity contribution is 0.473. The Morgan fingerprint density at radius 2 is 2.17 bits per heavy atom. The van der Waals surface area contributed by atoms with Gasteiger partial charge in [0.25, 0.3) is 0 Å². The summed E-state index contributed by atoms with van der Waals surface area (Å²) in [4.78, 5) is 0. The molecule has 2 rings (SSSR count). The minimum atomic E-state index is 0.335. The van der Waals surface area contributed by atoms with Gasteiger partial charge in [0.1, 0.15) is 5.75 Å². The SMILES string of the molecule is C=C1CC=Cc2cccc(O)c21. The molecule has 1 N–H and O–H groups in total. The molecular weight excluding hydrogens is 148 g/mol. The Kier molecular flexibility index (Phi) is 1.51. The molecule has 0 aromatic heterocycles. The van der Waals surface area contributed by atoms with Crippen LogP contribution in [0.25, 0.3) is 11.6 Å². The van der Waals surface area contributed by atoms with E-state index in [1.54, 1.807) is 6.07 Å². The first kappa shape index (κ1) is 7.17. The normalized spacial score (nSPS) is 14.5. The van der Waals surface area contributed by atoms with E-state index in [1.807, 2.05) is 18.2 Å². The van der Waals surface area contributed by atoms with E-state index in [2.05, 4.69) is 12.7 Å². The second-order valence-electron chi connectivity index (χ2n) is 2.95. The molecular formula is C11H10O. The molecule has 1 aliphatic carbocycles. The molecule has 0 unspecified atom stereocenters. The lowest BCUT2D eigenvalue weighted by Gasteiger charge is -2.13. The van der Waals surface area contributed by atoms with Gasteiger partial charge in [-0.2, -0.15) is 0 Å². The Morgan fingerprint density at radius 1 is 1.33 bits per heavy atom. The van der Waals surface area contributed by atoms with Crippen molar-refractivity contribution in [1.82, 2.24) is 0 Å². The maximum atomic E-state index is 9.53. The molecule has 0 saturated heterocycles. The van der Waals surface area contributed by atoms with Crippen LogP contribution in [0.15, 0.2) is 30.9 Å². The van der Waals surface area contributed by atoms with Crippen molar-refractivity contribution >= 4 is 11.6 Å². The average molecular weight is 158 g/mol. The third kappa shape index (κ3) is 0.944. The topological polar surface area (TPSA) is 20.2 Å². The lowest BCUT2D eigenvalue weighted by atomic mass is 9.93. The molecule has 0 spiro atoms. The molecule has 0 heterocycles. The van der Waals surface area contributed by atoms with E-state index in [9.17, 15) is 5.11 Å². The smallest absolute Gasteiger partial charge is 0.123 e. The van der Waals surface area contributed by atoms with E-state index in [0.717, 1.165) is 23.1 Å². The monoisotopic (exact) mass is 158 g/mol. The van der Waals surface area contributed by atoms with Crippen molar-refractivity contribution in [1.29, 1.82) is 0 Å². The highest BCUT2D eigenvalue weighted by Crippen LogP contribution is 2.33. The largest absolute Gasteiger partial charge is 0.507 e. The Morgan fingerprint density at radius 3 is 2.92 bits per heavy atom. The van der Waals surface area contributed by atoms with Crippen LogP contribution in [-0.2, 0) is 0 Å². The fourth-order valence-corrected chi connectivity index (χ4v) is 1.51. The van der Waals surface area contributed by atoms with E-state index in [1.165, 1.54) is 0 Å². The highest BCUT2D eigenvalue weighted by molar-refractivity contribution is 5.81. The molecule has 0 aliphatic heterocycles. The summed E-state index contributed by atoms with van der Waals surface area (Å²) in [5, 5.41) is 9.53. The predicted molar refractivity (Wildman–Crippen MR) is 50.8 cm³/mol. The van der Waals surface area contributed by atoms with Crippen LogP contribution >= 0.6 is 0 Å². The van der Waals surface area contributed by atoms with Crippen molar-refractivity contribution in [2.75, 3.05) is 0 Å². The lowest BCUT2D eigenvalue weighted by Crippen LogP contribution is -1.91. The van der Waals surface area contributed by atoms with E-state index in [0.29, 0.717) is 5.75 Å². The highest BCUT2D eigenvalue weighted by Gasteiger charge is 2.11. The van der Waals surface area contributed by atoms with Crippen LogP contribution in [-0.4, -0.2) is 5.11 Å². The number of fused-ring (bicyclic) bond motifs is 1. The summed E-state index contributed by atoms with van der Waals surface area (Å²) in [6, 6.07) is 5.52. The summed E-state index contributed by atoms with van der Waals surface area (Å²) >= 11 is 0. The zero-order valence-corrected chi connectivity index (χ0v) is 6.75. The number of phenolic OH excluding ortho intramolecular Hbond substituents is 1. The van der Waals surface area contributed by atoms with Gasteiger partial charge in [0, 0.05) is 5.56 Å². The van der Waals surface area contributed by atoms with Gasteiger partial charge in [-0.15, -0.1) is 0 Å². The highest BCUT2D eigenvalue weighted by atomic mass is 16.3. The number of allylic oxidation sites excluding steroid dienone is 2. The zero-order chi connectivity index (χ0) is 8.55. The van der Waals surface area contributed by atoms with Crippen LogP contribution in [0, 0.1) is 0 Å². The maximum absolute atomic E-state index is 9.53. The fraction of sp³-hybridized carbons (Fsp3) is 0.0909. The standard InChI is InChI=1S/C11H10O/c1-8-4-2-5-9-6-3-7-10(12)11(8)9/h2-3,5-7,12H,1,4H2. The zero-order valence-electron chi connectivity index (χ0n) is 6.75. The number of rotatable bonds is 0. The molecule has 60 valence electrons. The van der Waals surface area contributed by atoms with E-state index in [-0.39, 0.29) is 0 Å². The van der Waals surface area contributed by atoms with Crippen LogP contribution in [0.4, 0.5) is 0 Å². The Hall–Kier alpha value is -1.50. The van der Waals surface area contributed by atoms with Crippen LogP contribution < -0.4 is 0 Å². The van der Waals surface area contributed by atoms with E-state index >= 15 is 0 Å². The first-order chi connectivity index (χ1) is 5.79. The number of phenols is 1. The minimum Gasteiger partial charge on any atom is -0.507 e. The summed E-state index contributed by atoms with van der Waals surface area (Å²) in [5.41, 5.74) is 2.96. The second-order valence-corrected chi connectivity index (χ2v) is 2.95. The fourth-order valence-electron chi connectivity index (χ4n) is 1.51. The van der Waals surface area contributed by atoms with Gasteiger partial charge < -0.3 is 5.11 Å². The second kappa shape index (κ2) is 2.52. The van der Waals surface area contributed by atoms with Gasteiger partial charge in [0.2, 0.25) is 0 Å². The summed E-state index contributed by atoms with van der Waals surface area (Å²) in [6.07, 6.45) is 4.92. The maximum Gasteiger partial charge on any atom is 0.123 e. The van der Waals surface area contributed by atoms with Gasteiger partial charge >= 0.3 is 0 Å². The molecule has 1 nitrogen and oxygen atoms in total. The van der Waals surface area contributed by atoms with Crippen molar-refractivity contribution in [3.8, 4) is 5.75 Å². The quantitative estimate of drug-likeness (QED) is 0.615. The summed E-state index contributed by atoms with van der Waals surface area (Å²) in [5.74, 6) is 0.335. The molecule has 1 aromatic rings. The first-order valence-corrected chi connectivity index (χ1v) is 3.95. The van der Waals surface area contributed by atoms with Crippen molar-refractivity contribution in [3.63, 3.8) is 0 Å². The molecule has 12 heavy (non-hydrogen) atoms. The number of aromatic hydroxyl groups is 1. The average Bonchev–Trinajstić information content (AvgIpc) is 2.04.